The molecule has 3 nitrogen and oxygen atoms in total. The molecule has 4 atom stereocenters. The Hall–Kier alpha value is -0.570. The molecule has 0 aromatic carbocycles. The maximum atomic E-state index is 11.2. The maximum absolute atomic E-state index is 11.2. The van der Waals surface area contributed by atoms with Crippen molar-refractivity contribution in [2.45, 2.75) is 44.2 Å². The summed E-state index contributed by atoms with van der Waals surface area (Å²) in [6.45, 7) is 0. The second-order valence-corrected chi connectivity index (χ2v) is 5.14. The average Bonchev–Trinajstić information content (AvgIpc) is 2.90. The molecule has 0 aromatic heterocycles. The highest BCUT2D eigenvalue weighted by Crippen LogP contribution is 2.48. The number of piperidine rings is 1. The number of carboxylic acids is 1. The molecule has 0 radical (unpaired) electrons. The summed E-state index contributed by atoms with van der Waals surface area (Å²) in [6, 6.07) is 1.01. The highest BCUT2D eigenvalue weighted by molar-refractivity contribution is 5.71. The van der Waals surface area contributed by atoms with E-state index in [4.69, 9.17) is 0 Å². The lowest BCUT2D eigenvalue weighted by atomic mass is 9.78. The first kappa shape index (κ1) is 8.72. The van der Waals surface area contributed by atoms with Gasteiger partial charge in [-0.15, -0.1) is 0 Å². The van der Waals surface area contributed by atoms with Crippen molar-refractivity contribution in [3.8, 4) is 0 Å². The monoisotopic (exact) mass is 195 g/mol. The second-order valence-electron chi connectivity index (χ2n) is 5.14. The third-order valence-corrected chi connectivity index (χ3v) is 4.23. The van der Waals surface area contributed by atoms with Crippen LogP contribution in [0.1, 0.15) is 32.1 Å². The summed E-state index contributed by atoms with van der Waals surface area (Å²) >= 11 is 0. The van der Waals surface area contributed by atoms with E-state index < -0.39 is 5.97 Å². The lowest BCUT2D eigenvalue weighted by Gasteiger charge is -2.35. The predicted molar refractivity (Wildman–Crippen MR) is 51.9 cm³/mol. The molecular weight excluding hydrogens is 178 g/mol. The van der Waals surface area contributed by atoms with Crippen molar-refractivity contribution >= 4 is 5.97 Å². The van der Waals surface area contributed by atoms with Crippen molar-refractivity contribution in [2.24, 2.45) is 17.8 Å². The molecule has 4 unspecified atom stereocenters. The molecule has 1 saturated carbocycles. The number of carbonyl (C=O) groups is 1. The molecule has 2 aliphatic heterocycles. The van der Waals surface area contributed by atoms with Gasteiger partial charge in [0.25, 0.3) is 0 Å². The number of aliphatic carboxylic acids is 1. The number of rotatable bonds is 2. The first-order chi connectivity index (χ1) is 6.75. The lowest BCUT2D eigenvalue weighted by Crippen LogP contribution is -2.48. The second kappa shape index (κ2) is 2.96. The first-order valence-corrected chi connectivity index (χ1v) is 5.74. The quantitative estimate of drug-likeness (QED) is 0.697. The highest BCUT2D eigenvalue weighted by Gasteiger charge is 2.50. The minimum atomic E-state index is -0.555. The molecule has 0 amide bonds. The largest absolute Gasteiger partial charge is 0.481 e. The molecule has 2 saturated heterocycles. The fourth-order valence-corrected chi connectivity index (χ4v) is 3.49. The van der Waals surface area contributed by atoms with Crippen molar-refractivity contribution in [3.63, 3.8) is 0 Å². The van der Waals surface area contributed by atoms with Gasteiger partial charge < -0.3 is 10.4 Å². The van der Waals surface area contributed by atoms with Gasteiger partial charge in [0.1, 0.15) is 0 Å². The van der Waals surface area contributed by atoms with Crippen molar-refractivity contribution in [1.29, 1.82) is 0 Å². The van der Waals surface area contributed by atoms with Crippen LogP contribution >= 0.6 is 0 Å². The maximum Gasteiger partial charge on any atom is 0.306 e. The fourth-order valence-electron chi connectivity index (χ4n) is 3.49. The van der Waals surface area contributed by atoms with E-state index in [1.807, 2.05) is 0 Å². The van der Waals surface area contributed by atoms with Crippen LogP contribution < -0.4 is 5.32 Å². The summed E-state index contributed by atoms with van der Waals surface area (Å²) in [5.74, 6) is 0.542. The molecule has 3 rings (SSSR count). The molecule has 3 heteroatoms. The Labute approximate surface area is 83.9 Å². The normalized spacial score (nSPS) is 46.6. The molecule has 78 valence electrons. The molecule has 2 N–H and O–H groups in total. The Morgan fingerprint density at radius 3 is 2.64 bits per heavy atom. The Balaban J connectivity index is 1.84. The minimum Gasteiger partial charge on any atom is -0.481 e. The van der Waals surface area contributed by atoms with E-state index in [9.17, 15) is 9.90 Å². The van der Waals surface area contributed by atoms with Gasteiger partial charge >= 0.3 is 5.97 Å². The predicted octanol–water partition coefficient (Wildman–Crippen LogP) is 1.24. The first-order valence-electron chi connectivity index (χ1n) is 5.74. The molecule has 0 spiro atoms. The summed E-state index contributed by atoms with van der Waals surface area (Å²) < 4.78 is 0. The zero-order valence-corrected chi connectivity index (χ0v) is 8.28. The molecule has 14 heavy (non-hydrogen) atoms. The van der Waals surface area contributed by atoms with Crippen LogP contribution in [0.2, 0.25) is 0 Å². The summed E-state index contributed by atoms with van der Waals surface area (Å²) in [6.07, 6.45) is 5.79. The summed E-state index contributed by atoms with van der Waals surface area (Å²) in [4.78, 5) is 11.2. The van der Waals surface area contributed by atoms with E-state index in [0.717, 1.165) is 6.42 Å². The van der Waals surface area contributed by atoms with E-state index >= 15 is 0 Å². The summed E-state index contributed by atoms with van der Waals surface area (Å²) in [5, 5.41) is 12.8. The van der Waals surface area contributed by atoms with Crippen LogP contribution in [0.25, 0.3) is 0 Å². The van der Waals surface area contributed by atoms with Crippen LogP contribution in [0.3, 0.4) is 0 Å². The third kappa shape index (κ3) is 1.26. The zero-order valence-electron chi connectivity index (χ0n) is 8.28. The fraction of sp³-hybridized carbons (Fsp3) is 0.909. The Morgan fingerprint density at radius 2 is 2.00 bits per heavy atom. The van der Waals surface area contributed by atoms with Crippen LogP contribution in [0.4, 0.5) is 0 Å². The Kier molecular flexibility index (Phi) is 1.84. The van der Waals surface area contributed by atoms with Gasteiger partial charge in [0.05, 0.1) is 5.92 Å². The molecule has 2 bridgehead atoms. The van der Waals surface area contributed by atoms with Crippen LogP contribution in [0.15, 0.2) is 0 Å². The van der Waals surface area contributed by atoms with E-state index in [2.05, 4.69) is 5.32 Å². The van der Waals surface area contributed by atoms with Crippen molar-refractivity contribution < 1.29 is 9.90 Å². The number of hydrogen-bond donors (Lipinski definition) is 2. The van der Waals surface area contributed by atoms with Crippen molar-refractivity contribution in [1.82, 2.24) is 5.32 Å². The number of fused-ring (bicyclic) bond motifs is 2. The Bertz CT molecular complexity index is 262. The standard InChI is InChI=1S/C11H17NO2/c13-11(14)8-5-7-3-4-9(12-7)10(8)6-1-2-6/h6-10,12H,1-5H2,(H,13,14). The highest BCUT2D eigenvalue weighted by atomic mass is 16.4. The number of hydrogen-bond acceptors (Lipinski definition) is 2. The SMILES string of the molecule is O=C(O)C1CC2CCC(N2)C1C1CC1. The van der Waals surface area contributed by atoms with E-state index in [1.165, 1.54) is 25.7 Å². The van der Waals surface area contributed by atoms with Gasteiger partial charge in [-0.3, -0.25) is 4.79 Å². The molecule has 3 fully saturated rings. The molecular formula is C11H17NO2. The molecule has 0 aromatic rings. The van der Waals surface area contributed by atoms with Gasteiger partial charge in [0.15, 0.2) is 0 Å². The van der Waals surface area contributed by atoms with Crippen molar-refractivity contribution in [3.05, 3.63) is 0 Å². The summed E-state index contributed by atoms with van der Waals surface area (Å²) in [5.41, 5.74) is 0. The van der Waals surface area contributed by atoms with Crippen LogP contribution in [0.5, 0.6) is 0 Å². The molecule has 3 aliphatic rings. The van der Waals surface area contributed by atoms with Gasteiger partial charge in [-0.05, 0) is 43.9 Å². The van der Waals surface area contributed by atoms with Gasteiger partial charge in [-0.25, -0.2) is 0 Å². The topological polar surface area (TPSA) is 49.3 Å². The van der Waals surface area contributed by atoms with Crippen LogP contribution in [-0.4, -0.2) is 23.2 Å². The summed E-state index contributed by atoms with van der Waals surface area (Å²) in [7, 11) is 0. The van der Waals surface area contributed by atoms with Gasteiger partial charge in [-0.1, -0.05) is 0 Å². The number of carboxylic acid groups (broad SMARTS) is 1. The van der Waals surface area contributed by atoms with Crippen LogP contribution in [-0.2, 0) is 4.79 Å². The number of nitrogens with one attached hydrogen (secondary N) is 1. The molecule has 2 heterocycles. The van der Waals surface area contributed by atoms with Crippen molar-refractivity contribution in [2.75, 3.05) is 0 Å². The zero-order chi connectivity index (χ0) is 9.71. The average molecular weight is 195 g/mol. The van der Waals surface area contributed by atoms with Gasteiger partial charge in [0.2, 0.25) is 0 Å². The third-order valence-electron chi connectivity index (χ3n) is 4.23. The minimum absolute atomic E-state index is 0.0544. The van der Waals surface area contributed by atoms with E-state index in [0.29, 0.717) is 23.9 Å². The van der Waals surface area contributed by atoms with Gasteiger partial charge in [-0.2, -0.15) is 0 Å². The van der Waals surface area contributed by atoms with Gasteiger partial charge in [0, 0.05) is 12.1 Å². The van der Waals surface area contributed by atoms with E-state index in [1.54, 1.807) is 0 Å². The Morgan fingerprint density at radius 1 is 1.21 bits per heavy atom. The molecule has 1 aliphatic carbocycles. The van der Waals surface area contributed by atoms with Crippen LogP contribution in [0, 0.1) is 17.8 Å². The van der Waals surface area contributed by atoms with E-state index in [-0.39, 0.29) is 5.92 Å². The smallest absolute Gasteiger partial charge is 0.306 e. The lowest BCUT2D eigenvalue weighted by molar-refractivity contribution is -0.145.